The molecule has 0 aliphatic carbocycles. The van der Waals surface area contributed by atoms with Crippen LogP contribution in [0.2, 0.25) is 0 Å². The average molecular weight is 295 g/mol. The number of unbranched alkanes of at least 4 members (excludes halogenated alkanes) is 1. The van der Waals surface area contributed by atoms with Gasteiger partial charge in [0, 0.05) is 19.6 Å². The lowest BCUT2D eigenvalue weighted by Crippen LogP contribution is -2.44. The van der Waals surface area contributed by atoms with Gasteiger partial charge in [0.2, 0.25) is 12.1 Å². The molecule has 0 bridgehead atoms. The van der Waals surface area contributed by atoms with E-state index in [1.165, 1.54) is 32.0 Å². The topological polar surface area (TPSA) is 76.2 Å². The summed E-state index contributed by atoms with van der Waals surface area (Å²) in [5.74, 6) is 0.412. The van der Waals surface area contributed by atoms with Gasteiger partial charge < -0.3 is 15.4 Å². The van der Waals surface area contributed by atoms with E-state index in [0.29, 0.717) is 11.9 Å². The number of nitrogens with one attached hydrogen (secondary N) is 1. The van der Waals surface area contributed by atoms with E-state index in [9.17, 15) is 10.1 Å². The van der Waals surface area contributed by atoms with Crippen LogP contribution < -0.4 is 5.32 Å². The fourth-order valence-electron chi connectivity index (χ4n) is 2.92. The van der Waals surface area contributed by atoms with Crippen molar-refractivity contribution >= 4 is 11.6 Å². The second-order valence-electron chi connectivity index (χ2n) is 5.70. The van der Waals surface area contributed by atoms with Gasteiger partial charge in [0.15, 0.2) is 0 Å². The second kappa shape index (κ2) is 7.40. The zero-order valence-corrected chi connectivity index (χ0v) is 12.9. The Hall–Kier alpha value is -1.63. The van der Waals surface area contributed by atoms with Crippen LogP contribution in [-0.4, -0.2) is 45.1 Å². The van der Waals surface area contributed by atoms with Crippen molar-refractivity contribution in [3.8, 4) is 0 Å². The Morgan fingerprint density at radius 3 is 3.05 bits per heavy atom. The van der Waals surface area contributed by atoms with E-state index in [0.717, 1.165) is 26.1 Å². The molecule has 118 valence electrons. The highest BCUT2D eigenvalue weighted by atomic mass is 16.6. The molecule has 1 atom stereocenters. The maximum Gasteiger partial charge on any atom is 0.406 e. The first kappa shape index (κ1) is 15.8. The predicted molar refractivity (Wildman–Crippen MR) is 82.5 cm³/mol. The zero-order chi connectivity index (χ0) is 15.2. The third kappa shape index (κ3) is 3.93. The summed E-state index contributed by atoms with van der Waals surface area (Å²) in [7, 11) is 1.78. The standard InChI is InChI=1S/C14H25N5O2/c1-3-4-8-18-9-6-5-7-12(18)10-15-13-14(19(20)21)16-11-17(13)2/h11-12,15H,3-10H2,1-2H3. The Kier molecular flexibility index (Phi) is 5.55. The van der Waals surface area contributed by atoms with Gasteiger partial charge in [-0.2, -0.15) is 0 Å². The molecule has 7 heteroatoms. The Balaban J connectivity index is 1.97. The van der Waals surface area contributed by atoms with Gasteiger partial charge in [-0.1, -0.05) is 19.8 Å². The lowest BCUT2D eigenvalue weighted by atomic mass is 10.0. The number of hydrogen-bond acceptors (Lipinski definition) is 5. The van der Waals surface area contributed by atoms with E-state index in [4.69, 9.17) is 0 Å². The Labute approximate surface area is 125 Å². The number of likely N-dealkylation sites (tertiary alicyclic amines) is 1. The summed E-state index contributed by atoms with van der Waals surface area (Å²) in [6.07, 6.45) is 7.54. The molecule has 1 aliphatic heterocycles. The fourth-order valence-corrected chi connectivity index (χ4v) is 2.92. The van der Waals surface area contributed by atoms with Crippen LogP contribution in [0.4, 0.5) is 11.6 Å². The molecule has 2 heterocycles. The Morgan fingerprint density at radius 2 is 2.33 bits per heavy atom. The highest BCUT2D eigenvalue weighted by Crippen LogP contribution is 2.23. The molecule has 7 nitrogen and oxygen atoms in total. The number of nitrogens with zero attached hydrogens (tertiary/aromatic N) is 4. The molecule has 1 unspecified atom stereocenters. The molecule has 0 radical (unpaired) electrons. The van der Waals surface area contributed by atoms with Crippen molar-refractivity contribution in [3.05, 3.63) is 16.4 Å². The molecule has 1 fully saturated rings. The van der Waals surface area contributed by atoms with Gasteiger partial charge in [-0.05, 0) is 42.3 Å². The van der Waals surface area contributed by atoms with Crippen LogP contribution in [0.5, 0.6) is 0 Å². The maximum atomic E-state index is 11.0. The highest BCUT2D eigenvalue weighted by molar-refractivity contribution is 5.52. The Morgan fingerprint density at radius 1 is 1.52 bits per heavy atom. The summed E-state index contributed by atoms with van der Waals surface area (Å²) in [4.78, 5) is 16.9. The van der Waals surface area contributed by atoms with Gasteiger partial charge in [-0.3, -0.25) is 9.47 Å². The molecule has 1 saturated heterocycles. The van der Waals surface area contributed by atoms with Gasteiger partial charge in [0.05, 0.1) is 0 Å². The number of imidazole rings is 1. The van der Waals surface area contributed by atoms with Crippen LogP contribution in [0, 0.1) is 10.1 Å². The summed E-state index contributed by atoms with van der Waals surface area (Å²) in [6, 6.07) is 0.458. The normalized spacial score (nSPS) is 19.6. The molecule has 0 amide bonds. The van der Waals surface area contributed by atoms with Crippen molar-refractivity contribution in [2.75, 3.05) is 25.0 Å². The monoisotopic (exact) mass is 295 g/mol. The quantitative estimate of drug-likeness (QED) is 0.617. The van der Waals surface area contributed by atoms with Gasteiger partial charge in [0.1, 0.15) is 0 Å². The number of rotatable bonds is 7. The van der Waals surface area contributed by atoms with Crippen molar-refractivity contribution in [3.63, 3.8) is 0 Å². The molecule has 1 N–H and O–H groups in total. The van der Waals surface area contributed by atoms with Crippen molar-refractivity contribution in [2.24, 2.45) is 7.05 Å². The molecule has 21 heavy (non-hydrogen) atoms. The largest absolute Gasteiger partial charge is 0.406 e. The van der Waals surface area contributed by atoms with Crippen molar-refractivity contribution in [1.82, 2.24) is 14.5 Å². The molecule has 1 aromatic heterocycles. The first-order valence-electron chi connectivity index (χ1n) is 7.77. The SMILES string of the molecule is CCCCN1CCCCC1CNc1c([N+](=O)[O-])ncn1C. The Bertz CT molecular complexity index is 474. The minimum absolute atomic E-state index is 0.0894. The van der Waals surface area contributed by atoms with Crippen LogP contribution >= 0.6 is 0 Å². The van der Waals surface area contributed by atoms with E-state index in [2.05, 4.69) is 22.1 Å². The minimum Gasteiger partial charge on any atom is -0.363 e. The van der Waals surface area contributed by atoms with Gasteiger partial charge in [-0.25, -0.2) is 0 Å². The van der Waals surface area contributed by atoms with Crippen molar-refractivity contribution in [2.45, 2.75) is 45.1 Å². The number of aromatic nitrogens is 2. The maximum absolute atomic E-state index is 11.0. The van der Waals surface area contributed by atoms with Crippen molar-refractivity contribution < 1.29 is 4.92 Å². The summed E-state index contributed by atoms with van der Waals surface area (Å²) in [6.45, 7) is 5.20. The number of nitro groups is 1. The molecular weight excluding hydrogens is 270 g/mol. The van der Waals surface area contributed by atoms with E-state index in [1.807, 2.05) is 0 Å². The smallest absolute Gasteiger partial charge is 0.363 e. The van der Waals surface area contributed by atoms with Gasteiger partial charge in [0.25, 0.3) is 0 Å². The average Bonchev–Trinajstić information content (AvgIpc) is 2.85. The third-order valence-electron chi connectivity index (χ3n) is 4.14. The summed E-state index contributed by atoms with van der Waals surface area (Å²) in [5.41, 5.74) is 0. The number of anilines is 1. The van der Waals surface area contributed by atoms with E-state index >= 15 is 0 Å². The minimum atomic E-state index is -0.432. The lowest BCUT2D eigenvalue weighted by molar-refractivity contribution is -0.388. The van der Waals surface area contributed by atoms with Crippen LogP contribution in [0.3, 0.4) is 0 Å². The first-order valence-corrected chi connectivity index (χ1v) is 7.77. The lowest BCUT2D eigenvalue weighted by Gasteiger charge is -2.35. The van der Waals surface area contributed by atoms with Gasteiger partial charge in [-0.15, -0.1) is 0 Å². The molecule has 0 spiro atoms. The first-order chi connectivity index (χ1) is 10.1. The van der Waals surface area contributed by atoms with E-state index < -0.39 is 4.92 Å². The predicted octanol–water partition coefficient (Wildman–Crippen LogP) is 2.39. The van der Waals surface area contributed by atoms with Gasteiger partial charge >= 0.3 is 5.82 Å². The molecule has 1 aromatic rings. The number of hydrogen-bond donors (Lipinski definition) is 1. The number of piperidine rings is 1. The van der Waals surface area contributed by atoms with E-state index in [-0.39, 0.29) is 5.82 Å². The van der Waals surface area contributed by atoms with Crippen LogP contribution in [-0.2, 0) is 7.05 Å². The zero-order valence-electron chi connectivity index (χ0n) is 12.9. The number of aryl methyl sites for hydroxylation is 1. The molecule has 2 rings (SSSR count). The highest BCUT2D eigenvalue weighted by Gasteiger charge is 2.24. The van der Waals surface area contributed by atoms with E-state index in [1.54, 1.807) is 11.6 Å². The second-order valence-corrected chi connectivity index (χ2v) is 5.70. The van der Waals surface area contributed by atoms with Crippen LogP contribution in [0.15, 0.2) is 6.33 Å². The van der Waals surface area contributed by atoms with Crippen LogP contribution in [0.25, 0.3) is 0 Å². The molecule has 1 aliphatic rings. The summed E-state index contributed by atoms with van der Waals surface area (Å²) in [5, 5.41) is 14.2. The van der Waals surface area contributed by atoms with Crippen molar-refractivity contribution in [1.29, 1.82) is 0 Å². The summed E-state index contributed by atoms with van der Waals surface area (Å²) >= 11 is 0. The molecule has 0 saturated carbocycles. The van der Waals surface area contributed by atoms with Crippen LogP contribution in [0.1, 0.15) is 39.0 Å². The fraction of sp³-hybridized carbons (Fsp3) is 0.786. The third-order valence-corrected chi connectivity index (χ3v) is 4.14. The molecule has 0 aromatic carbocycles. The summed E-state index contributed by atoms with van der Waals surface area (Å²) < 4.78 is 1.68. The molecular formula is C14H25N5O2.